The highest BCUT2D eigenvalue weighted by atomic mass is 31.2. The zero-order valence-electron chi connectivity index (χ0n) is 20.9. The fraction of sp³-hybridized carbons (Fsp3) is 0.778. The number of hydrogen-bond donors (Lipinski definition) is 1. The van der Waals surface area contributed by atoms with E-state index in [1.54, 1.807) is 0 Å². The molecule has 0 radical (unpaired) electrons. The van der Waals surface area contributed by atoms with Crippen LogP contribution in [0.4, 0.5) is 0 Å². The van der Waals surface area contributed by atoms with Crippen molar-refractivity contribution in [3.63, 3.8) is 0 Å². The molecule has 0 heterocycles. The quantitative estimate of drug-likeness (QED) is 0.398. The molecule has 7 atom stereocenters. The summed E-state index contributed by atoms with van der Waals surface area (Å²) in [6.45, 7) is 13.3. The standard InChI is InChI=1S/C27H45O4P/c1-18(2)23-14-12-20(5)16-25(23)30-32(29,27(28)22-10-8-7-9-11-22)31-26-17-21(6)13-15-24(26)19(3)4/h7-11,18-21,23-28H,12-17H2,1-6H3/t20-,21-,23+,24+,25+,26+,27-/m0/s1. The molecule has 0 saturated heterocycles. The molecule has 32 heavy (non-hydrogen) atoms. The first-order valence-electron chi connectivity index (χ1n) is 12.8. The third kappa shape index (κ3) is 6.26. The first-order chi connectivity index (χ1) is 15.1. The average molecular weight is 465 g/mol. The Morgan fingerprint density at radius 1 is 0.812 bits per heavy atom. The van der Waals surface area contributed by atoms with E-state index in [4.69, 9.17) is 9.05 Å². The van der Waals surface area contributed by atoms with Gasteiger partial charge in [0.15, 0.2) is 5.85 Å². The monoisotopic (exact) mass is 464 g/mol. The Hall–Kier alpha value is -0.670. The minimum Gasteiger partial charge on any atom is -0.376 e. The van der Waals surface area contributed by atoms with Gasteiger partial charge in [0.25, 0.3) is 0 Å². The van der Waals surface area contributed by atoms with Gasteiger partial charge in [-0.25, -0.2) is 0 Å². The molecule has 0 aliphatic heterocycles. The lowest BCUT2D eigenvalue weighted by molar-refractivity contribution is -0.0153. The van der Waals surface area contributed by atoms with Gasteiger partial charge >= 0.3 is 7.60 Å². The van der Waals surface area contributed by atoms with Crippen LogP contribution in [0.2, 0.25) is 0 Å². The summed E-state index contributed by atoms with van der Waals surface area (Å²) >= 11 is 0. The van der Waals surface area contributed by atoms with E-state index < -0.39 is 13.4 Å². The first kappa shape index (κ1) is 25.9. The Labute approximate surface area is 196 Å². The van der Waals surface area contributed by atoms with Crippen LogP contribution in [0.5, 0.6) is 0 Å². The second kappa shape index (κ2) is 11.2. The van der Waals surface area contributed by atoms with Crippen LogP contribution < -0.4 is 0 Å². The predicted molar refractivity (Wildman–Crippen MR) is 131 cm³/mol. The van der Waals surface area contributed by atoms with Gasteiger partial charge < -0.3 is 14.2 Å². The molecule has 0 spiro atoms. The molecule has 182 valence electrons. The van der Waals surface area contributed by atoms with Gasteiger partial charge in [-0.2, -0.15) is 0 Å². The van der Waals surface area contributed by atoms with Crippen molar-refractivity contribution in [3.8, 4) is 0 Å². The first-order valence-corrected chi connectivity index (χ1v) is 14.4. The molecule has 0 unspecified atom stereocenters. The molecule has 4 nitrogen and oxygen atoms in total. The van der Waals surface area contributed by atoms with Gasteiger partial charge in [-0.05, 0) is 66.8 Å². The van der Waals surface area contributed by atoms with Crippen LogP contribution >= 0.6 is 7.60 Å². The van der Waals surface area contributed by atoms with Crippen molar-refractivity contribution < 1.29 is 18.7 Å². The summed E-state index contributed by atoms with van der Waals surface area (Å²) in [6.07, 6.45) is 5.91. The zero-order chi connectivity index (χ0) is 23.5. The highest BCUT2D eigenvalue weighted by Gasteiger charge is 2.46. The molecule has 2 aliphatic rings. The van der Waals surface area contributed by atoms with Crippen LogP contribution in [0.3, 0.4) is 0 Å². The second-order valence-electron chi connectivity index (χ2n) is 11.3. The maximum atomic E-state index is 14.5. The number of rotatable bonds is 8. The van der Waals surface area contributed by atoms with Crippen molar-refractivity contribution in [1.29, 1.82) is 0 Å². The molecule has 2 saturated carbocycles. The summed E-state index contributed by atoms with van der Waals surface area (Å²) < 4.78 is 27.5. The Morgan fingerprint density at radius 3 is 1.66 bits per heavy atom. The molecule has 0 amide bonds. The van der Waals surface area contributed by atoms with E-state index in [9.17, 15) is 9.67 Å². The van der Waals surface area contributed by atoms with Gasteiger partial charge in [0, 0.05) is 0 Å². The van der Waals surface area contributed by atoms with E-state index in [0.717, 1.165) is 25.7 Å². The highest BCUT2D eigenvalue weighted by molar-refractivity contribution is 7.54. The zero-order valence-corrected chi connectivity index (χ0v) is 21.8. The Bertz CT molecular complexity index is 711. The van der Waals surface area contributed by atoms with Gasteiger partial charge in [0.2, 0.25) is 0 Å². The van der Waals surface area contributed by atoms with E-state index in [0.29, 0.717) is 41.1 Å². The van der Waals surface area contributed by atoms with Crippen molar-refractivity contribution in [2.45, 2.75) is 98.1 Å². The third-order valence-electron chi connectivity index (χ3n) is 7.88. The third-order valence-corrected chi connectivity index (χ3v) is 9.91. The molecule has 5 heteroatoms. The number of aliphatic hydroxyl groups is 1. The molecule has 0 aromatic heterocycles. The van der Waals surface area contributed by atoms with Crippen molar-refractivity contribution in [3.05, 3.63) is 35.9 Å². The summed E-state index contributed by atoms with van der Waals surface area (Å²) in [7, 11) is -3.82. The van der Waals surface area contributed by atoms with E-state index in [1.807, 2.05) is 30.3 Å². The molecule has 2 aliphatic carbocycles. The van der Waals surface area contributed by atoms with Crippen molar-refractivity contribution >= 4 is 7.60 Å². The molecular weight excluding hydrogens is 419 g/mol. The lowest BCUT2D eigenvalue weighted by Crippen LogP contribution is -2.37. The van der Waals surface area contributed by atoms with Crippen molar-refractivity contribution in [1.82, 2.24) is 0 Å². The summed E-state index contributed by atoms with van der Waals surface area (Å²) in [4.78, 5) is 0. The van der Waals surface area contributed by atoms with Gasteiger partial charge in [-0.3, -0.25) is 4.57 Å². The number of aliphatic hydroxyl groups excluding tert-OH is 1. The molecule has 2 fully saturated rings. The largest absolute Gasteiger partial charge is 0.376 e. The van der Waals surface area contributed by atoms with Crippen LogP contribution in [0, 0.1) is 35.5 Å². The lowest BCUT2D eigenvalue weighted by Gasteiger charge is -2.42. The van der Waals surface area contributed by atoms with Gasteiger partial charge in [-0.1, -0.05) is 84.7 Å². The Morgan fingerprint density at radius 2 is 1.25 bits per heavy atom. The van der Waals surface area contributed by atoms with Crippen LogP contribution in [-0.2, 0) is 13.6 Å². The van der Waals surface area contributed by atoms with E-state index in [1.165, 1.54) is 12.8 Å². The molecular formula is C27H45O4P. The highest BCUT2D eigenvalue weighted by Crippen LogP contribution is 2.64. The van der Waals surface area contributed by atoms with Crippen LogP contribution in [0.25, 0.3) is 0 Å². The molecule has 3 rings (SSSR count). The predicted octanol–water partition coefficient (Wildman–Crippen LogP) is 7.83. The fourth-order valence-corrected chi connectivity index (χ4v) is 7.85. The molecule has 1 aromatic rings. The van der Waals surface area contributed by atoms with Crippen molar-refractivity contribution in [2.75, 3.05) is 0 Å². The lowest BCUT2D eigenvalue weighted by atomic mass is 9.75. The molecule has 1 aromatic carbocycles. The molecule has 0 bridgehead atoms. The van der Waals surface area contributed by atoms with Crippen molar-refractivity contribution in [2.24, 2.45) is 35.5 Å². The SMILES string of the molecule is CC(C)[C@H]1CC[C@H](C)C[C@H]1OP(=O)(O[C@@H]1C[C@@H](C)CC[C@@H]1C(C)C)[C@H](O)c1ccccc1. The minimum absolute atomic E-state index is 0.151. The van der Waals surface area contributed by atoms with Crippen LogP contribution in [-0.4, -0.2) is 17.3 Å². The normalized spacial score (nSPS) is 32.9. The number of benzene rings is 1. The summed E-state index contributed by atoms with van der Waals surface area (Å²) in [5, 5.41) is 11.4. The topological polar surface area (TPSA) is 55.8 Å². The molecule has 1 N–H and O–H groups in total. The Balaban J connectivity index is 1.92. The summed E-state index contributed by atoms with van der Waals surface area (Å²) in [6, 6.07) is 9.26. The van der Waals surface area contributed by atoms with Gasteiger partial charge in [-0.15, -0.1) is 0 Å². The van der Waals surface area contributed by atoms with Gasteiger partial charge in [0.05, 0.1) is 12.2 Å². The van der Waals surface area contributed by atoms with Gasteiger partial charge in [0.1, 0.15) is 0 Å². The summed E-state index contributed by atoms with van der Waals surface area (Å²) in [5.74, 6) is 1.32. The minimum atomic E-state index is -3.82. The second-order valence-corrected chi connectivity index (χ2v) is 13.3. The average Bonchev–Trinajstić information content (AvgIpc) is 2.73. The summed E-state index contributed by atoms with van der Waals surface area (Å²) in [5.41, 5.74) is 0.603. The Kier molecular flexibility index (Phi) is 9.06. The van der Waals surface area contributed by atoms with E-state index in [-0.39, 0.29) is 12.2 Å². The van der Waals surface area contributed by atoms with E-state index in [2.05, 4.69) is 41.5 Å². The van der Waals surface area contributed by atoms with Crippen LogP contribution in [0.15, 0.2) is 30.3 Å². The maximum Gasteiger partial charge on any atom is 0.363 e. The fourth-order valence-electron chi connectivity index (χ4n) is 5.80. The number of hydrogen-bond acceptors (Lipinski definition) is 4. The smallest absolute Gasteiger partial charge is 0.363 e. The van der Waals surface area contributed by atoms with Crippen LogP contribution in [0.1, 0.15) is 91.5 Å². The van der Waals surface area contributed by atoms with E-state index >= 15 is 0 Å². The maximum absolute atomic E-state index is 14.5.